The number of methoxy groups -OCH3 is 1. The highest BCUT2D eigenvalue weighted by Gasteiger charge is 2.25. The maximum Gasteiger partial charge on any atom is 0.241 e. The van der Waals surface area contributed by atoms with Gasteiger partial charge >= 0.3 is 0 Å². The molecule has 1 amide bonds. The zero-order valence-corrected chi connectivity index (χ0v) is 14.8. The topological polar surface area (TPSA) is 84.5 Å². The Morgan fingerprint density at radius 1 is 1.32 bits per heavy atom. The summed E-state index contributed by atoms with van der Waals surface area (Å²) in [5.41, 5.74) is -0.444. The normalized spacial score (nSPS) is 13.5. The van der Waals surface area contributed by atoms with E-state index in [4.69, 9.17) is 16.3 Å². The molecule has 1 atom stereocenters. The number of halogens is 1. The van der Waals surface area contributed by atoms with Gasteiger partial charge in [-0.1, -0.05) is 11.6 Å². The molecule has 0 saturated heterocycles. The van der Waals surface area contributed by atoms with Gasteiger partial charge in [-0.05, 0) is 45.9 Å². The van der Waals surface area contributed by atoms with Crippen molar-refractivity contribution in [3.05, 3.63) is 23.2 Å². The second-order valence-electron chi connectivity index (χ2n) is 5.88. The molecule has 0 aliphatic rings. The smallest absolute Gasteiger partial charge is 0.241 e. The summed E-state index contributed by atoms with van der Waals surface area (Å²) in [6, 6.07) is 3.18. The van der Waals surface area contributed by atoms with E-state index in [-0.39, 0.29) is 9.92 Å². The maximum absolute atomic E-state index is 12.3. The molecule has 0 fully saturated rings. The van der Waals surface area contributed by atoms with Crippen LogP contribution in [0, 0.1) is 0 Å². The van der Waals surface area contributed by atoms with E-state index in [2.05, 4.69) is 10.0 Å². The lowest BCUT2D eigenvalue weighted by atomic mass is 10.1. The molecule has 6 nitrogen and oxygen atoms in total. The van der Waals surface area contributed by atoms with Crippen LogP contribution in [-0.2, 0) is 14.8 Å². The Bertz CT molecular complexity index is 653. The largest absolute Gasteiger partial charge is 0.495 e. The van der Waals surface area contributed by atoms with Crippen molar-refractivity contribution in [1.82, 2.24) is 10.0 Å². The minimum atomic E-state index is -3.86. The molecule has 0 bridgehead atoms. The van der Waals surface area contributed by atoms with Crippen LogP contribution >= 0.6 is 11.6 Å². The summed E-state index contributed by atoms with van der Waals surface area (Å²) in [5, 5.41) is 2.89. The number of sulfonamides is 1. The lowest BCUT2D eigenvalue weighted by molar-refractivity contribution is -0.123. The number of amides is 1. The third-order valence-electron chi connectivity index (χ3n) is 2.66. The molecule has 8 heteroatoms. The van der Waals surface area contributed by atoms with Gasteiger partial charge < -0.3 is 10.1 Å². The standard InChI is InChI=1S/C14H21ClN2O4S/c1-9(13(18)16-14(2,3)4)17-22(19,20)10-6-7-12(21-5)11(15)8-10/h6-9,17H,1-5H3,(H,16,18)/t9-/m0/s1. The fraction of sp³-hybridized carbons (Fsp3) is 0.500. The van der Waals surface area contributed by atoms with E-state index in [1.165, 1.54) is 32.2 Å². The highest BCUT2D eigenvalue weighted by Crippen LogP contribution is 2.26. The van der Waals surface area contributed by atoms with E-state index in [1.54, 1.807) is 0 Å². The first-order chi connectivity index (χ1) is 9.96. The summed E-state index contributed by atoms with van der Waals surface area (Å²) in [6.45, 7) is 6.92. The Morgan fingerprint density at radius 3 is 2.36 bits per heavy atom. The number of carbonyl (C=O) groups excluding carboxylic acids is 1. The van der Waals surface area contributed by atoms with Gasteiger partial charge in [0.15, 0.2) is 0 Å². The highest BCUT2D eigenvalue weighted by molar-refractivity contribution is 7.89. The highest BCUT2D eigenvalue weighted by atomic mass is 35.5. The van der Waals surface area contributed by atoms with Gasteiger partial charge in [0.25, 0.3) is 0 Å². The predicted octanol–water partition coefficient (Wildman–Crippen LogP) is 1.93. The van der Waals surface area contributed by atoms with Crippen molar-refractivity contribution in [3.63, 3.8) is 0 Å². The lowest BCUT2D eigenvalue weighted by Crippen LogP contribution is -2.50. The molecule has 0 aliphatic carbocycles. The fourth-order valence-corrected chi connectivity index (χ4v) is 3.20. The lowest BCUT2D eigenvalue weighted by Gasteiger charge is -2.23. The van der Waals surface area contributed by atoms with Gasteiger partial charge in [-0.15, -0.1) is 0 Å². The van der Waals surface area contributed by atoms with E-state index < -0.39 is 27.5 Å². The molecule has 0 radical (unpaired) electrons. The van der Waals surface area contributed by atoms with E-state index in [9.17, 15) is 13.2 Å². The van der Waals surface area contributed by atoms with Gasteiger partial charge in [0, 0.05) is 5.54 Å². The first kappa shape index (κ1) is 18.7. The van der Waals surface area contributed by atoms with Gasteiger partial charge in [-0.2, -0.15) is 4.72 Å². The summed E-state index contributed by atoms with van der Waals surface area (Å²) in [7, 11) is -2.42. The van der Waals surface area contributed by atoms with Crippen molar-refractivity contribution in [2.45, 2.75) is 44.2 Å². The van der Waals surface area contributed by atoms with Crippen LogP contribution in [0.5, 0.6) is 5.75 Å². The van der Waals surface area contributed by atoms with Gasteiger partial charge in [0.1, 0.15) is 5.75 Å². The third-order valence-corrected chi connectivity index (χ3v) is 4.49. The van der Waals surface area contributed by atoms with Crippen molar-refractivity contribution in [2.24, 2.45) is 0 Å². The second-order valence-corrected chi connectivity index (χ2v) is 8.00. The van der Waals surface area contributed by atoms with Crippen molar-refractivity contribution in [3.8, 4) is 5.75 Å². The van der Waals surface area contributed by atoms with Gasteiger partial charge in [-0.3, -0.25) is 4.79 Å². The first-order valence-electron chi connectivity index (χ1n) is 6.64. The minimum absolute atomic E-state index is 0.0336. The number of hydrogen-bond donors (Lipinski definition) is 2. The molecule has 22 heavy (non-hydrogen) atoms. The van der Waals surface area contributed by atoms with Crippen LogP contribution < -0.4 is 14.8 Å². The van der Waals surface area contributed by atoms with Crippen molar-refractivity contribution in [1.29, 1.82) is 0 Å². The quantitative estimate of drug-likeness (QED) is 0.851. The van der Waals surface area contributed by atoms with Gasteiger partial charge in [-0.25, -0.2) is 8.42 Å². The number of nitrogens with one attached hydrogen (secondary N) is 2. The van der Waals surface area contributed by atoms with Crippen LogP contribution in [0.25, 0.3) is 0 Å². The van der Waals surface area contributed by atoms with Crippen LogP contribution in [0.2, 0.25) is 5.02 Å². The van der Waals surface area contributed by atoms with Gasteiger partial charge in [0.2, 0.25) is 15.9 Å². The van der Waals surface area contributed by atoms with Crippen LogP contribution in [-0.4, -0.2) is 33.0 Å². The number of hydrogen-bond acceptors (Lipinski definition) is 4. The molecule has 1 aromatic rings. The Hall–Kier alpha value is -1.31. The molecular weight excluding hydrogens is 328 g/mol. The van der Waals surface area contributed by atoms with Crippen molar-refractivity contribution in [2.75, 3.05) is 7.11 Å². The summed E-state index contributed by atoms with van der Waals surface area (Å²) < 4.78 is 31.8. The zero-order chi connectivity index (χ0) is 17.1. The summed E-state index contributed by atoms with van der Waals surface area (Å²) in [6.07, 6.45) is 0. The Kier molecular flexibility index (Phi) is 5.83. The van der Waals surface area contributed by atoms with E-state index >= 15 is 0 Å². The molecule has 1 aromatic carbocycles. The Balaban J connectivity index is 2.91. The molecule has 124 valence electrons. The number of rotatable bonds is 5. The Labute approximate surface area is 136 Å². The van der Waals surface area contributed by atoms with E-state index in [0.29, 0.717) is 5.75 Å². The molecular formula is C14H21ClN2O4S. The number of carbonyl (C=O) groups is 1. The average Bonchev–Trinajstić information content (AvgIpc) is 2.36. The van der Waals surface area contributed by atoms with Crippen LogP contribution in [0.3, 0.4) is 0 Å². The molecule has 0 unspecified atom stereocenters. The summed E-state index contributed by atoms with van der Waals surface area (Å²) >= 11 is 5.93. The molecule has 0 aromatic heterocycles. The fourth-order valence-electron chi connectivity index (χ4n) is 1.65. The first-order valence-corrected chi connectivity index (χ1v) is 8.50. The van der Waals surface area contributed by atoms with E-state index in [0.717, 1.165) is 0 Å². The molecule has 0 heterocycles. The summed E-state index contributed by atoms with van der Waals surface area (Å²) in [4.78, 5) is 11.9. The van der Waals surface area contributed by atoms with Gasteiger partial charge in [0.05, 0.1) is 23.1 Å². The van der Waals surface area contributed by atoms with Crippen molar-refractivity contribution >= 4 is 27.5 Å². The predicted molar refractivity (Wildman–Crippen MR) is 85.7 cm³/mol. The number of benzene rings is 1. The Morgan fingerprint density at radius 2 is 1.91 bits per heavy atom. The van der Waals surface area contributed by atoms with E-state index in [1.807, 2.05) is 20.8 Å². The molecule has 2 N–H and O–H groups in total. The molecule has 0 spiro atoms. The maximum atomic E-state index is 12.3. The molecule has 1 rings (SSSR count). The second kappa shape index (κ2) is 6.85. The summed E-state index contributed by atoms with van der Waals surface area (Å²) in [5.74, 6) is -0.0326. The average molecular weight is 349 g/mol. The monoisotopic (exact) mass is 348 g/mol. The molecule has 0 saturated carbocycles. The van der Waals surface area contributed by atoms with Crippen LogP contribution in [0.1, 0.15) is 27.7 Å². The minimum Gasteiger partial charge on any atom is -0.495 e. The van der Waals surface area contributed by atoms with Crippen LogP contribution in [0.15, 0.2) is 23.1 Å². The van der Waals surface area contributed by atoms with Crippen molar-refractivity contribution < 1.29 is 17.9 Å². The SMILES string of the molecule is COc1ccc(S(=O)(=O)N[C@@H](C)C(=O)NC(C)(C)C)cc1Cl. The zero-order valence-electron chi connectivity index (χ0n) is 13.2. The third kappa shape index (κ3) is 5.15. The van der Waals surface area contributed by atoms with Crippen LogP contribution in [0.4, 0.5) is 0 Å². The number of ether oxygens (including phenoxy) is 1. The molecule has 0 aliphatic heterocycles.